The molecule has 0 saturated heterocycles. The summed E-state index contributed by atoms with van der Waals surface area (Å²) >= 11 is 1.52. The van der Waals surface area contributed by atoms with E-state index in [9.17, 15) is 8.78 Å². The Balaban J connectivity index is 2.39. The molecule has 0 bridgehead atoms. The summed E-state index contributed by atoms with van der Waals surface area (Å²) in [6.45, 7) is 3.29. The van der Waals surface area contributed by atoms with Crippen molar-refractivity contribution in [3.63, 3.8) is 0 Å². The Morgan fingerprint density at radius 1 is 1.56 bits per heavy atom. The van der Waals surface area contributed by atoms with E-state index in [1.54, 1.807) is 18.1 Å². The van der Waals surface area contributed by atoms with Gasteiger partial charge in [-0.2, -0.15) is 0 Å². The van der Waals surface area contributed by atoms with Crippen LogP contribution in [0.5, 0.6) is 0 Å². The maximum atomic E-state index is 12.1. The molecule has 0 aliphatic rings. The monoisotopic (exact) mass is 249 g/mol. The van der Waals surface area contributed by atoms with Crippen molar-refractivity contribution in [2.75, 3.05) is 25.5 Å². The molecule has 0 spiro atoms. The normalized spacial score (nSPS) is 11.4. The SMILES string of the molecule is CCCNc1ncc(CN(C)CC(F)F)s1. The molecule has 0 atom stereocenters. The zero-order valence-corrected chi connectivity index (χ0v) is 10.4. The molecule has 3 nitrogen and oxygen atoms in total. The first-order valence-electron chi connectivity index (χ1n) is 5.27. The van der Waals surface area contributed by atoms with Crippen LogP contribution in [0.25, 0.3) is 0 Å². The van der Waals surface area contributed by atoms with Crippen molar-refractivity contribution in [3.05, 3.63) is 11.1 Å². The fraction of sp³-hybridized carbons (Fsp3) is 0.700. The summed E-state index contributed by atoms with van der Waals surface area (Å²) in [6, 6.07) is 0. The highest BCUT2D eigenvalue weighted by molar-refractivity contribution is 7.15. The number of aromatic nitrogens is 1. The number of hydrogen-bond donors (Lipinski definition) is 1. The van der Waals surface area contributed by atoms with E-state index in [0.717, 1.165) is 23.0 Å². The van der Waals surface area contributed by atoms with Gasteiger partial charge in [-0.15, -0.1) is 11.3 Å². The second-order valence-electron chi connectivity index (χ2n) is 3.65. The highest BCUT2D eigenvalue weighted by atomic mass is 32.1. The van der Waals surface area contributed by atoms with Gasteiger partial charge in [0.25, 0.3) is 6.43 Å². The van der Waals surface area contributed by atoms with Crippen molar-refractivity contribution in [1.82, 2.24) is 9.88 Å². The Hall–Kier alpha value is -0.750. The third kappa shape index (κ3) is 4.85. The maximum Gasteiger partial charge on any atom is 0.251 e. The fourth-order valence-electron chi connectivity index (χ4n) is 1.26. The molecule has 0 fully saturated rings. The number of hydrogen-bond acceptors (Lipinski definition) is 4. The summed E-state index contributed by atoms with van der Waals surface area (Å²) in [5, 5.41) is 4.03. The van der Waals surface area contributed by atoms with Crippen molar-refractivity contribution in [2.45, 2.75) is 26.3 Å². The number of nitrogens with one attached hydrogen (secondary N) is 1. The Kier molecular flexibility index (Phi) is 5.62. The lowest BCUT2D eigenvalue weighted by Gasteiger charge is -2.13. The number of nitrogens with zero attached hydrogens (tertiary/aromatic N) is 2. The Morgan fingerprint density at radius 3 is 2.94 bits per heavy atom. The predicted octanol–water partition coefficient (Wildman–Crippen LogP) is 2.66. The lowest BCUT2D eigenvalue weighted by Crippen LogP contribution is -2.23. The van der Waals surface area contributed by atoms with Crippen LogP contribution in [0.4, 0.5) is 13.9 Å². The van der Waals surface area contributed by atoms with Crippen LogP contribution in [0.3, 0.4) is 0 Å². The van der Waals surface area contributed by atoms with Gasteiger partial charge in [0.2, 0.25) is 0 Å². The topological polar surface area (TPSA) is 28.2 Å². The molecule has 1 N–H and O–H groups in total. The molecule has 0 aliphatic heterocycles. The first-order valence-corrected chi connectivity index (χ1v) is 6.08. The van der Waals surface area contributed by atoms with Crippen LogP contribution in [-0.2, 0) is 6.54 Å². The summed E-state index contributed by atoms with van der Waals surface area (Å²) in [4.78, 5) is 6.78. The lowest BCUT2D eigenvalue weighted by atomic mass is 10.5. The van der Waals surface area contributed by atoms with Crippen LogP contribution in [0.15, 0.2) is 6.20 Å². The number of thiazole rings is 1. The molecular formula is C10H17F2N3S. The molecule has 0 unspecified atom stereocenters. The van der Waals surface area contributed by atoms with Gasteiger partial charge in [-0.25, -0.2) is 13.8 Å². The van der Waals surface area contributed by atoms with Crippen molar-refractivity contribution >= 4 is 16.5 Å². The minimum Gasteiger partial charge on any atom is -0.362 e. The van der Waals surface area contributed by atoms with Gasteiger partial charge in [-0.3, -0.25) is 4.90 Å². The molecule has 1 aromatic heterocycles. The molecule has 1 aromatic rings. The van der Waals surface area contributed by atoms with E-state index in [0.29, 0.717) is 6.54 Å². The van der Waals surface area contributed by atoms with Crippen molar-refractivity contribution in [2.24, 2.45) is 0 Å². The maximum absolute atomic E-state index is 12.1. The molecule has 16 heavy (non-hydrogen) atoms. The van der Waals surface area contributed by atoms with Gasteiger partial charge in [0, 0.05) is 24.2 Å². The molecule has 0 amide bonds. The van der Waals surface area contributed by atoms with Crippen molar-refractivity contribution in [1.29, 1.82) is 0 Å². The van der Waals surface area contributed by atoms with Gasteiger partial charge in [0.15, 0.2) is 5.13 Å². The van der Waals surface area contributed by atoms with Crippen LogP contribution >= 0.6 is 11.3 Å². The van der Waals surface area contributed by atoms with Gasteiger partial charge in [0.05, 0.1) is 6.54 Å². The zero-order valence-electron chi connectivity index (χ0n) is 9.54. The standard InChI is InChI=1S/C10H17F2N3S/c1-3-4-13-10-14-5-8(16-10)6-15(2)7-9(11)12/h5,9H,3-4,6-7H2,1-2H3,(H,13,14). The van der Waals surface area contributed by atoms with E-state index >= 15 is 0 Å². The third-order valence-corrected chi connectivity index (χ3v) is 2.90. The summed E-state index contributed by atoms with van der Waals surface area (Å²) in [5.74, 6) is 0. The minimum absolute atomic E-state index is 0.199. The number of rotatable bonds is 7. The molecular weight excluding hydrogens is 232 g/mol. The summed E-state index contributed by atoms with van der Waals surface area (Å²) in [6.07, 6.45) is 0.501. The predicted molar refractivity (Wildman–Crippen MR) is 63.2 cm³/mol. The molecule has 0 saturated carbocycles. The molecule has 1 heterocycles. The first kappa shape index (κ1) is 13.3. The Morgan fingerprint density at radius 2 is 2.31 bits per heavy atom. The average Bonchev–Trinajstić information content (AvgIpc) is 2.61. The van der Waals surface area contributed by atoms with Crippen LogP contribution in [0.1, 0.15) is 18.2 Å². The van der Waals surface area contributed by atoms with Gasteiger partial charge in [-0.05, 0) is 13.5 Å². The molecule has 0 aliphatic carbocycles. The third-order valence-electron chi connectivity index (χ3n) is 1.96. The highest BCUT2D eigenvalue weighted by Crippen LogP contribution is 2.19. The van der Waals surface area contributed by atoms with Crippen LogP contribution in [-0.4, -0.2) is 36.4 Å². The van der Waals surface area contributed by atoms with E-state index in [1.807, 2.05) is 0 Å². The van der Waals surface area contributed by atoms with Crippen LogP contribution in [0.2, 0.25) is 0 Å². The smallest absolute Gasteiger partial charge is 0.251 e. The van der Waals surface area contributed by atoms with Crippen LogP contribution in [0, 0.1) is 0 Å². The number of alkyl halides is 2. The Bertz CT molecular complexity index is 304. The van der Waals surface area contributed by atoms with E-state index in [-0.39, 0.29) is 6.54 Å². The molecule has 92 valence electrons. The first-order chi connectivity index (χ1) is 7.61. The molecule has 1 rings (SSSR count). The molecule has 0 radical (unpaired) electrons. The summed E-state index contributed by atoms with van der Waals surface area (Å²) < 4.78 is 24.2. The quantitative estimate of drug-likeness (QED) is 0.805. The molecule has 0 aromatic carbocycles. The number of halogens is 2. The summed E-state index contributed by atoms with van der Waals surface area (Å²) in [5.41, 5.74) is 0. The van der Waals surface area contributed by atoms with E-state index in [2.05, 4.69) is 17.2 Å². The lowest BCUT2D eigenvalue weighted by molar-refractivity contribution is 0.0979. The Labute approximate surface area is 98.5 Å². The van der Waals surface area contributed by atoms with E-state index in [4.69, 9.17) is 0 Å². The van der Waals surface area contributed by atoms with E-state index < -0.39 is 6.43 Å². The number of anilines is 1. The highest BCUT2D eigenvalue weighted by Gasteiger charge is 2.09. The summed E-state index contributed by atoms with van der Waals surface area (Å²) in [7, 11) is 1.69. The van der Waals surface area contributed by atoms with E-state index in [1.165, 1.54) is 11.3 Å². The van der Waals surface area contributed by atoms with Crippen molar-refractivity contribution in [3.8, 4) is 0 Å². The van der Waals surface area contributed by atoms with Gasteiger partial charge in [0.1, 0.15) is 0 Å². The van der Waals surface area contributed by atoms with Gasteiger partial charge in [-0.1, -0.05) is 6.92 Å². The minimum atomic E-state index is -2.28. The zero-order chi connectivity index (χ0) is 12.0. The average molecular weight is 249 g/mol. The van der Waals surface area contributed by atoms with Gasteiger partial charge >= 0.3 is 0 Å². The van der Waals surface area contributed by atoms with Gasteiger partial charge < -0.3 is 5.32 Å². The molecule has 6 heteroatoms. The fourth-order valence-corrected chi connectivity index (χ4v) is 2.18. The largest absolute Gasteiger partial charge is 0.362 e. The second kappa shape index (κ2) is 6.75. The van der Waals surface area contributed by atoms with Crippen LogP contribution < -0.4 is 5.32 Å². The van der Waals surface area contributed by atoms with Crippen molar-refractivity contribution < 1.29 is 8.78 Å². The second-order valence-corrected chi connectivity index (χ2v) is 4.76.